The molecule has 292 valence electrons. The molecule has 2 aromatic carbocycles. The lowest BCUT2D eigenvalue weighted by Gasteiger charge is -2.37. The van der Waals surface area contributed by atoms with E-state index < -0.39 is 63.7 Å². The molecule has 2 aliphatic carbocycles. The maximum Gasteiger partial charge on any atom is 0.262 e. The van der Waals surface area contributed by atoms with E-state index in [0.29, 0.717) is 54.0 Å². The Morgan fingerprint density at radius 2 is 1.82 bits per heavy atom. The van der Waals surface area contributed by atoms with Crippen LogP contribution in [0.3, 0.4) is 0 Å². The summed E-state index contributed by atoms with van der Waals surface area (Å²) in [5.41, 5.74) is 0.0413. The SMILES string of the molecule is C=CC1C[C@]1(NC(=O)[C@@H]1C[C@@H](Oc2cc(-c3ccccc3)nc3cc(OC)ccc23)CN1C(=O)[C@@H](CC(=O)N1CCC1)C(C)(C)C)C(=O)N(C1CC1)[SH](=O)=O. The van der Waals surface area contributed by atoms with Gasteiger partial charge in [-0.2, -0.15) is 0 Å². The van der Waals surface area contributed by atoms with Crippen LogP contribution in [0.25, 0.3) is 22.2 Å². The molecule has 1 aromatic heterocycles. The Hall–Kier alpha value is -4.98. The van der Waals surface area contributed by atoms with Crippen LogP contribution in [0, 0.1) is 17.3 Å². The summed E-state index contributed by atoms with van der Waals surface area (Å²) >= 11 is 0. The first-order valence-corrected chi connectivity index (χ1v) is 20.1. The number of methoxy groups -OCH3 is 1. The van der Waals surface area contributed by atoms with Gasteiger partial charge in [0.05, 0.1) is 30.8 Å². The van der Waals surface area contributed by atoms with Crippen LogP contribution in [0.1, 0.15) is 59.3 Å². The van der Waals surface area contributed by atoms with Gasteiger partial charge in [-0.3, -0.25) is 19.2 Å². The number of fused-ring (bicyclic) bond motifs is 1. The quantitative estimate of drug-likeness (QED) is 0.193. The number of thiol groups is 1. The molecule has 13 nitrogen and oxygen atoms in total. The highest BCUT2D eigenvalue weighted by molar-refractivity contribution is 7.70. The molecule has 0 spiro atoms. The molecule has 0 radical (unpaired) electrons. The van der Waals surface area contributed by atoms with Crippen LogP contribution >= 0.6 is 0 Å². The first-order chi connectivity index (χ1) is 26.2. The van der Waals surface area contributed by atoms with Crippen LogP contribution in [0.4, 0.5) is 0 Å². The zero-order valence-electron chi connectivity index (χ0n) is 31.7. The molecule has 4 amide bonds. The summed E-state index contributed by atoms with van der Waals surface area (Å²) in [6.45, 7) is 10.9. The number of nitrogens with one attached hydrogen (secondary N) is 1. The fraction of sp³-hybridized carbons (Fsp3) is 0.488. The molecule has 0 bridgehead atoms. The summed E-state index contributed by atoms with van der Waals surface area (Å²) in [5.74, 6) is -1.85. The van der Waals surface area contributed by atoms with Gasteiger partial charge < -0.3 is 24.6 Å². The Labute approximate surface area is 323 Å². The van der Waals surface area contributed by atoms with Crippen molar-refractivity contribution in [1.82, 2.24) is 24.4 Å². The summed E-state index contributed by atoms with van der Waals surface area (Å²) in [5, 5.41) is 3.62. The molecule has 55 heavy (non-hydrogen) atoms. The van der Waals surface area contributed by atoms with E-state index in [1.807, 2.05) is 75.4 Å². The fourth-order valence-corrected chi connectivity index (χ4v) is 8.59. The normalized spacial score (nSPS) is 23.8. The lowest BCUT2D eigenvalue weighted by atomic mass is 9.77. The van der Waals surface area contributed by atoms with Gasteiger partial charge in [-0.25, -0.2) is 17.7 Å². The van der Waals surface area contributed by atoms with Gasteiger partial charge in [0.2, 0.25) is 28.6 Å². The number of carbonyl (C=O) groups excluding carboxylic acids is 4. The molecular formula is C41H49N5O8S. The largest absolute Gasteiger partial charge is 0.497 e. The van der Waals surface area contributed by atoms with Crippen molar-refractivity contribution < 1.29 is 37.1 Å². The van der Waals surface area contributed by atoms with Crippen LogP contribution in [-0.2, 0) is 30.1 Å². The van der Waals surface area contributed by atoms with Gasteiger partial charge in [-0.15, -0.1) is 6.58 Å². The Bertz CT molecular complexity index is 2080. The molecule has 4 aliphatic rings. The maximum absolute atomic E-state index is 14.7. The van der Waals surface area contributed by atoms with Crippen LogP contribution in [-0.4, -0.2) is 102 Å². The van der Waals surface area contributed by atoms with Gasteiger partial charge in [0.25, 0.3) is 5.91 Å². The van der Waals surface area contributed by atoms with Crippen molar-refractivity contribution in [2.24, 2.45) is 17.3 Å². The molecule has 2 aliphatic heterocycles. The molecule has 3 heterocycles. The van der Waals surface area contributed by atoms with E-state index in [0.717, 1.165) is 16.3 Å². The van der Waals surface area contributed by atoms with Crippen molar-refractivity contribution in [2.45, 2.75) is 83.0 Å². The summed E-state index contributed by atoms with van der Waals surface area (Å²) in [4.78, 5) is 64.6. The van der Waals surface area contributed by atoms with Crippen molar-refractivity contribution in [1.29, 1.82) is 0 Å². The molecule has 1 N–H and O–H groups in total. The lowest BCUT2D eigenvalue weighted by Crippen LogP contribution is -2.57. The molecule has 1 unspecified atom stereocenters. The Morgan fingerprint density at radius 3 is 2.40 bits per heavy atom. The highest BCUT2D eigenvalue weighted by atomic mass is 32.2. The molecule has 2 saturated carbocycles. The van der Waals surface area contributed by atoms with Crippen molar-refractivity contribution in [3.05, 3.63) is 67.3 Å². The van der Waals surface area contributed by atoms with Crippen molar-refractivity contribution in [2.75, 3.05) is 26.7 Å². The first-order valence-electron chi connectivity index (χ1n) is 19.0. The van der Waals surface area contributed by atoms with Gasteiger partial charge in [-0.1, -0.05) is 57.2 Å². The number of carbonyl (C=O) groups is 4. The molecular weight excluding hydrogens is 723 g/mol. The zero-order valence-corrected chi connectivity index (χ0v) is 32.6. The number of ether oxygens (including phenoxy) is 2. The van der Waals surface area contributed by atoms with E-state index in [1.165, 1.54) is 4.90 Å². The highest BCUT2D eigenvalue weighted by Crippen LogP contribution is 2.48. The lowest BCUT2D eigenvalue weighted by molar-refractivity contribution is -0.149. The van der Waals surface area contributed by atoms with E-state index in [-0.39, 0.29) is 37.6 Å². The summed E-state index contributed by atoms with van der Waals surface area (Å²) in [7, 11) is -1.64. The topological polar surface area (TPSA) is 156 Å². The zero-order chi connectivity index (χ0) is 39.2. The van der Waals surface area contributed by atoms with Crippen molar-refractivity contribution >= 4 is 45.4 Å². The predicted molar refractivity (Wildman–Crippen MR) is 206 cm³/mol. The summed E-state index contributed by atoms with van der Waals surface area (Å²) in [6, 6.07) is 15.5. The first kappa shape index (κ1) is 38.3. The standard InChI is InChI=1S/C41H49N5O8S/c1-6-26-23-41(26,39(50)46(55(51)52)27-13-14-27)43-37(48)34-20-29(24-45(34)38(49)31(40(2,3)4)21-36(47)44-17-10-18-44)54-35-22-32(25-11-8-7-9-12-25)42-33-19-28(53-5)15-16-30(33)35/h6-9,11-12,15-16,19,22,26-27,29,31,34,55H,1,10,13-14,17-18,20-21,23-24H2,2-5H3,(H,43,48)/t26?,29-,31-,34+,41-/m1/s1. The number of pyridine rings is 1. The van der Waals surface area contributed by atoms with Crippen molar-refractivity contribution in [3.63, 3.8) is 0 Å². The average molecular weight is 772 g/mol. The minimum atomic E-state index is -3.22. The van der Waals surface area contributed by atoms with E-state index in [1.54, 1.807) is 18.1 Å². The number of benzene rings is 2. The van der Waals surface area contributed by atoms with E-state index in [2.05, 4.69) is 11.9 Å². The number of amides is 4. The van der Waals surface area contributed by atoms with Gasteiger partial charge in [0.15, 0.2) is 0 Å². The maximum atomic E-state index is 14.7. The molecule has 2 saturated heterocycles. The minimum Gasteiger partial charge on any atom is -0.497 e. The number of aromatic nitrogens is 1. The third-order valence-electron chi connectivity index (χ3n) is 11.4. The Kier molecular flexibility index (Phi) is 10.4. The average Bonchev–Trinajstić information content (AvgIpc) is 4.05. The second kappa shape index (κ2) is 14.9. The van der Waals surface area contributed by atoms with E-state index in [4.69, 9.17) is 14.5 Å². The highest BCUT2D eigenvalue weighted by Gasteiger charge is 2.63. The van der Waals surface area contributed by atoms with Crippen LogP contribution < -0.4 is 14.8 Å². The minimum absolute atomic E-state index is 0.0101. The molecule has 5 atom stereocenters. The van der Waals surface area contributed by atoms with Crippen molar-refractivity contribution in [3.8, 4) is 22.8 Å². The number of nitrogens with zero attached hydrogens (tertiary/aromatic N) is 4. The van der Waals surface area contributed by atoms with Crippen LogP contribution in [0.15, 0.2) is 67.3 Å². The molecule has 14 heteroatoms. The van der Waals surface area contributed by atoms with E-state index in [9.17, 15) is 27.6 Å². The Morgan fingerprint density at radius 1 is 1.09 bits per heavy atom. The second-order valence-corrected chi connectivity index (χ2v) is 17.1. The third-order valence-corrected chi connectivity index (χ3v) is 12.3. The number of hydrogen-bond acceptors (Lipinski definition) is 9. The molecule has 4 fully saturated rings. The van der Waals surface area contributed by atoms with Gasteiger partial charge in [-0.05, 0) is 43.2 Å². The van der Waals surface area contributed by atoms with Gasteiger partial charge in [0, 0.05) is 61.0 Å². The van der Waals surface area contributed by atoms with E-state index >= 15 is 0 Å². The Balaban J connectivity index is 1.23. The number of hydrogen-bond donors (Lipinski definition) is 2. The summed E-state index contributed by atoms with van der Waals surface area (Å²) < 4.78 is 37.6. The third kappa shape index (κ3) is 7.65. The monoisotopic (exact) mass is 771 g/mol. The smallest absolute Gasteiger partial charge is 0.262 e. The number of likely N-dealkylation sites (tertiary alicyclic amines) is 2. The van der Waals surface area contributed by atoms with Crippen LogP contribution in [0.5, 0.6) is 11.5 Å². The van der Waals surface area contributed by atoms with Gasteiger partial charge >= 0.3 is 0 Å². The fourth-order valence-electron chi connectivity index (χ4n) is 7.76. The molecule has 3 aromatic rings. The second-order valence-electron chi connectivity index (χ2n) is 16.2. The van der Waals surface area contributed by atoms with Gasteiger partial charge in [0.1, 0.15) is 29.2 Å². The number of rotatable bonds is 13. The summed E-state index contributed by atoms with van der Waals surface area (Å²) in [6.07, 6.45) is 3.20. The van der Waals surface area contributed by atoms with Crippen LogP contribution in [0.2, 0.25) is 0 Å². The predicted octanol–water partition coefficient (Wildman–Crippen LogP) is 4.12. The molecule has 7 rings (SSSR count).